The fraction of sp³-hybridized carbons (Fsp3) is 0.269. The lowest BCUT2D eigenvalue weighted by Gasteiger charge is -2.37. The average molecular weight is 526 g/mol. The van der Waals surface area contributed by atoms with Crippen LogP contribution in [0.15, 0.2) is 83.8 Å². The maximum Gasteiger partial charge on any atom is 0.430 e. The monoisotopic (exact) mass is 525 g/mol. The van der Waals surface area contributed by atoms with Crippen molar-refractivity contribution >= 4 is 23.4 Å². The third-order valence-corrected chi connectivity index (χ3v) is 7.20. The van der Waals surface area contributed by atoms with E-state index in [1.165, 1.54) is 4.90 Å². The van der Waals surface area contributed by atoms with Crippen LogP contribution in [-0.4, -0.2) is 35.2 Å². The number of hydrogen-bond donors (Lipinski definition) is 1. The van der Waals surface area contributed by atoms with Crippen LogP contribution in [0, 0.1) is 0 Å². The molecular weight excluding hydrogens is 504 g/mol. The van der Waals surface area contributed by atoms with E-state index in [1.807, 2.05) is 30.3 Å². The highest BCUT2D eigenvalue weighted by Crippen LogP contribution is 2.52. The Morgan fingerprint density at radius 2 is 1.42 bits per heavy atom. The number of alkyl halides is 6. The maximum absolute atomic E-state index is 13.5. The second-order valence-corrected chi connectivity index (χ2v) is 9.83. The summed E-state index contributed by atoms with van der Waals surface area (Å²) in [5.41, 5.74) is -4.54. The third kappa shape index (κ3) is 5.10. The van der Waals surface area contributed by atoms with Crippen LogP contribution >= 0.6 is 11.8 Å². The van der Waals surface area contributed by atoms with Crippen molar-refractivity contribution in [3.63, 3.8) is 0 Å². The van der Waals surface area contributed by atoms with Gasteiger partial charge in [-0.3, -0.25) is 4.79 Å². The number of rotatable bonds is 5. The van der Waals surface area contributed by atoms with Gasteiger partial charge in [-0.05, 0) is 29.7 Å². The quantitative estimate of drug-likeness (QED) is 0.398. The molecule has 1 aliphatic rings. The Hall–Kier alpha value is -2.98. The molecule has 1 unspecified atom stereocenters. The summed E-state index contributed by atoms with van der Waals surface area (Å²) in [5, 5.41) is 9.55. The summed E-state index contributed by atoms with van der Waals surface area (Å²) in [4.78, 5) is 14.7. The number of nitrogens with zero attached hydrogens (tertiary/aromatic N) is 1. The van der Waals surface area contributed by atoms with Crippen molar-refractivity contribution in [3.05, 3.63) is 95.6 Å². The number of benzene rings is 3. The molecule has 0 spiro atoms. The molecule has 0 bridgehead atoms. The molecule has 1 aliphatic heterocycles. The van der Waals surface area contributed by atoms with Crippen molar-refractivity contribution < 1.29 is 36.2 Å². The molecule has 1 N–H and O–H groups in total. The molecule has 4 rings (SSSR count). The maximum atomic E-state index is 13.5. The van der Waals surface area contributed by atoms with E-state index in [2.05, 4.69) is 0 Å². The number of fused-ring (bicyclic) bond motifs is 1. The van der Waals surface area contributed by atoms with Gasteiger partial charge in [-0.25, -0.2) is 0 Å². The summed E-state index contributed by atoms with van der Waals surface area (Å²) in [7, 11) is 0. The lowest BCUT2D eigenvalue weighted by atomic mass is 9.92. The number of thioether (sulfide) groups is 1. The van der Waals surface area contributed by atoms with Gasteiger partial charge in [0, 0.05) is 22.3 Å². The first-order valence-electron chi connectivity index (χ1n) is 11.0. The molecule has 1 amide bonds. The van der Waals surface area contributed by atoms with E-state index in [4.69, 9.17) is 0 Å². The Morgan fingerprint density at radius 3 is 1.97 bits per heavy atom. The number of hydrogen-bond acceptors (Lipinski definition) is 3. The predicted molar refractivity (Wildman–Crippen MR) is 125 cm³/mol. The average Bonchev–Trinajstić information content (AvgIpc) is 2.82. The van der Waals surface area contributed by atoms with Gasteiger partial charge in [0.05, 0.1) is 12.1 Å². The molecule has 0 aromatic heterocycles. The molecule has 3 aromatic rings. The van der Waals surface area contributed by atoms with Crippen molar-refractivity contribution in [2.75, 3.05) is 11.4 Å². The van der Waals surface area contributed by atoms with Crippen LogP contribution in [-0.2, 0) is 23.2 Å². The molecule has 3 nitrogen and oxygen atoms in total. The van der Waals surface area contributed by atoms with Crippen LogP contribution in [0.3, 0.4) is 0 Å². The minimum Gasteiger partial charge on any atom is -0.369 e. The van der Waals surface area contributed by atoms with E-state index in [9.17, 15) is 36.2 Å². The van der Waals surface area contributed by atoms with Gasteiger partial charge in [0.2, 0.25) is 5.91 Å². The van der Waals surface area contributed by atoms with Crippen LogP contribution in [0.25, 0.3) is 0 Å². The van der Waals surface area contributed by atoms with Gasteiger partial charge in [0.25, 0.3) is 5.60 Å². The van der Waals surface area contributed by atoms with Gasteiger partial charge < -0.3 is 10.0 Å². The summed E-state index contributed by atoms with van der Waals surface area (Å²) in [6, 6.07) is 20.3. The zero-order valence-corrected chi connectivity index (χ0v) is 19.5. The Labute approximate surface area is 207 Å². The third-order valence-electron chi connectivity index (χ3n) is 5.97. The largest absolute Gasteiger partial charge is 0.430 e. The minimum atomic E-state index is -5.99. The van der Waals surface area contributed by atoms with Crippen LogP contribution < -0.4 is 4.90 Å². The lowest BCUT2D eigenvalue weighted by molar-refractivity contribution is -0.376. The summed E-state index contributed by atoms with van der Waals surface area (Å²) < 4.78 is 80.9. The zero-order valence-electron chi connectivity index (χ0n) is 18.7. The second-order valence-electron chi connectivity index (χ2n) is 8.48. The van der Waals surface area contributed by atoms with Gasteiger partial charge in [-0.15, -0.1) is 11.8 Å². The molecule has 36 heavy (non-hydrogen) atoms. The first kappa shape index (κ1) is 26.1. The van der Waals surface area contributed by atoms with Crippen LogP contribution in [0.2, 0.25) is 0 Å². The SMILES string of the molecule is O=C(Cc1ccccc1)N1CC(Cc2ccccc2)Sc2cc(C(O)(C(F)(F)F)C(F)(F)F)ccc21. The summed E-state index contributed by atoms with van der Waals surface area (Å²) in [6.45, 7) is 0.223. The molecule has 1 heterocycles. The number of amides is 1. The number of anilines is 1. The van der Waals surface area contributed by atoms with E-state index in [0.717, 1.165) is 29.0 Å². The number of halogens is 6. The fourth-order valence-corrected chi connectivity index (χ4v) is 5.50. The van der Waals surface area contributed by atoms with E-state index < -0.39 is 23.5 Å². The zero-order chi connectivity index (χ0) is 26.1. The van der Waals surface area contributed by atoms with E-state index >= 15 is 0 Å². The van der Waals surface area contributed by atoms with Gasteiger partial charge in [0.1, 0.15) is 0 Å². The Kier molecular flexibility index (Phi) is 7.12. The number of carbonyl (C=O) groups excluding carboxylic acids is 1. The molecule has 3 aromatic carbocycles. The van der Waals surface area contributed by atoms with Gasteiger partial charge in [-0.1, -0.05) is 66.7 Å². The number of aliphatic hydroxyl groups is 1. The van der Waals surface area contributed by atoms with Crippen LogP contribution in [0.4, 0.5) is 32.0 Å². The predicted octanol–water partition coefficient (Wildman–Crippen LogP) is 6.29. The Bertz CT molecular complexity index is 1200. The van der Waals surface area contributed by atoms with Crippen molar-refractivity contribution in [2.45, 2.75) is 40.9 Å². The Morgan fingerprint density at radius 1 is 0.861 bits per heavy atom. The van der Waals surface area contributed by atoms with E-state index in [1.54, 1.807) is 30.3 Å². The molecule has 0 saturated heterocycles. The van der Waals surface area contributed by atoms with Crippen molar-refractivity contribution in [2.24, 2.45) is 0 Å². The normalized spacial score (nSPS) is 16.5. The van der Waals surface area contributed by atoms with Gasteiger partial charge in [-0.2, -0.15) is 26.3 Å². The van der Waals surface area contributed by atoms with Gasteiger partial charge in [0.15, 0.2) is 0 Å². The standard InChI is InChI=1S/C26H21F6NO2S/c27-25(28,29)24(35,26(30,31)32)19-11-12-21-22(15-19)36-20(13-17-7-3-1-4-8-17)16-33(21)23(34)14-18-9-5-2-6-10-18/h1-12,15,20,35H,13-14,16H2. The minimum absolute atomic E-state index is 0.0137. The summed E-state index contributed by atoms with van der Waals surface area (Å²) in [6.07, 6.45) is -11.5. The molecule has 0 fully saturated rings. The highest BCUT2D eigenvalue weighted by molar-refractivity contribution is 8.00. The molecule has 0 aliphatic carbocycles. The smallest absolute Gasteiger partial charge is 0.369 e. The molecule has 1 atom stereocenters. The van der Waals surface area contributed by atoms with Crippen molar-refractivity contribution in [1.29, 1.82) is 0 Å². The van der Waals surface area contributed by atoms with E-state index in [-0.39, 0.29) is 34.7 Å². The molecule has 0 saturated carbocycles. The second kappa shape index (κ2) is 9.82. The van der Waals surface area contributed by atoms with Crippen molar-refractivity contribution in [1.82, 2.24) is 0 Å². The van der Waals surface area contributed by atoms with Crippen molar-refractivity contribution in [3.8, 4) is 0 Å². The Balaban J connectivity index is 1.74. The van der Waals surface area contributed by atoms with E-state index in [0.29, 0.717) is 18.6 Å². The lowest BCUT2D eigenvalue weighted by Crippen LogP contribution is -2.54. The molecular formula is C26H21F6NO2S. The first-order chi connectivity index (χ1) is 16.9. The number of carbonyl (C=O) groups is 1. The summed E-state index contributed by atoms with van der Waals surface area (Å²) in [5.74, 6) is -0.338. The first-order valence-corrected chi connectivity index (χ1v) is 11.8. The molecule has 0 radical (unpaired) electrons. The van der Waals surface area contributed by atoms with Crippen LogP contribution in [0.5, 0.6) is 0 Å². The van der Waals surface area contributed by atoms with Gasteiger partial charge >= 0.3 is 12.4 Å². The fourth-order valence-electron chi connectivity index (χ4n) is 4.15. The highest BCUT2D eigenvalue weighted by atomic mass is 32.2. The summed E-state index contributed by atoms with van der Waals surface area (Å²) >= 11 is 1.09. The molecule has 190 valence electrons. The highest BCUT2D eigenvalue weighted by Gasteiger charge is 2.71. The topological polar surface area (TPSA) is 40.5 Å². The molecule has 10 heteroatoms. The van der Waals surface area contributed by atoms with Crippen LogP contribution in [0.1, 0.15) is 16.7 Å².